The third-order valence-corrected chi connectivity index (χ3v) is 4.47. The second-order valence-corrected chi connectivity index (χ2v) is 6.03. The van der Waals surface area contributed by atoms with Gasteiger partial charge in [-0.1, -0.05) is 26.0 Å². The number of carbonyl (C=O) groups is 2. The number of hydrogen-bond donors (Lipinski definition) is 0. The Bertz CT molecular complexity index is 1060. The third-order valence-electron chi connectivity index (χ3n) is 4.47. The van der Waals surface area contributed by atoms with E-state index in [1.165, 1.54) is 0 Å². The van der Waals surface area contributed by atoms with Gasteiger partial charge in [0.2, 0.25) is 0 Å². The highest BCUT2D eigenvalue weighted by Gasteiger charge is 2.23. The van der Waals surface area contributed by atoms with E-state index in [1.54, 1.807) is 0 Å². The summed E-state index contributed by atoms with van der Waals surface area (Å²) in [5, 5.41) is 0. The summed E-state index contributed by atoms with van der Waals surface area (Å²) >= 11 is 0. The van der Waals surface area contributed by atoms with Crippen LogP contribution in [0.3, 0.4) is 0 Å². The van der Waals surface area contributed by atoms with Crippen molar-refractivity contribution in [1.29, 1.82) is 0 Å². The van der Waals surface area contributed by atoms with Crippen molar-refractivity contribution in [2.24, 2.45) is 0 Å². The van der Waals surface area contributed by atoms with Crippen molar-refractivity contribution in [2.75, 3.05) is 0 Å². The van der Waals surface area contributed by atoms with Crippen LogP contribution in [0.15, 0.2) is 48.8 Å². The van der Waals surface area contributed by atoms with Crippen LogP contribution in [0.2, 0.25) is 0 Å². The molecule has 0 aromatic carbocycles. The average Bonchev–Trinajstić information content (AvgIpc) is 3.25. The monoisotopic (exact) mass is 346 g/mol. The minimum atomic E-state index is -0.0225. The molecule has 0 N–H and O–H groups in total. The quantitative estimate of drug-likeness (QED) is 0.515. The van der Waals surface area contributed by atoms with Crippen LogP contribution in [0.5, 0.6) is 0 Å². The van der Waals surface area contributed by atoms with Gasteiger partial charge in [-0.25, -0.2) is 9.97 Å². The van der Waals surface area contributed by atoms with Gasteiger partial charge in [-0.2, -0.15) is 0 Å². The van der Waals surface area contributed by atoms with Crippen LogP contribution in [-0.2, 0) is 0 Å². The van der Waals surface area contributed by atoms with E-state index >= 15 is 0 Å². The maximum absolute atomic E-state index is 12.3. The van der Waals surface area contributed by atoms with Gasteiger partial charge >= 0.3 is 0 Å². The smallest absolute Gasteiger partial charge is 0.183 e. The number of imidazole rings is 2. The molecule has 6 nitrogen and oxygen atoms in total. The van der Waals surface area contributed by atoms with Crippen molar-refractivity contribution >= 4 is 22.6 Å². The fourth-order valence-corrected chi connectivity index (χ4v) is 3.14. The van der Waals surface area contributed by atoms with Gasteiger partial charge in [0, 0.05) is 25.2 Å². The molecule has 4 heterocycles. The second-order valence-electron chi connectivity index (χ2n) is 6.03. The molecule has 0 aliphatic heterocycles. The van der Waals surface area contributed by atoms with Gasteiger partial charge in [0.1, 0.15) is 11.4 Å². The Balaban J connectivity index is 2.05. The van der Waals surface area contributed by atoms with Crippen molar-refractivity contribution in [2.45, 2.75) is 26.7 Å². The maximum atomic E-state index is 12.3. The van der Waals surface area contributed by atoms with E-state index in [2.05, 4.69) is 9.97 Å². The highest BCUT2D eigenvalue weighted by molar-refractivity contribution is 6.02. The summed E-state index contributed by atoms with van der Waals surface area (Å²) in [6, 6.07) is 11.3. The standard InChI is InChI=1S/C20H18N4O2/c1-3-15(25)17-13-9-5-7-11-23(13)19(21-17)20-22-18(16(26)4-2)14-10-6-8-12-24(14)20/h5-12H,3-4H2,1-2H3. The Morgan fingerprint density at radius 1 is 0.769 bits per heavy atom. The Morgan fingerprint density at radius 3 is 1.58 bits per heavy atom. The summed E-state index contributed by atoms with van der Waals surface area (Å²) in [4.78, 5) is 33.9. The van der Waals surface area contributed by atoms with Gasteiger partial charge in [0.05, 0.1) is 11.0 Å². The fourth-order valence-electron chi connectivity index (χ4n) is 3.14. The number of fused-ring (bicyclic) bond motifs is 2. The molecule has 0 aliphatic carbocycles. The molecule has 4 aromatic rings. The van der Waals surface area contributed by atoms with Gasteiger partial charge < -0.3 is 0 Å². The molecule has 0 radical (unpaired) electrons. The third kappa shape index (κ3) is 2.34. The van der Waals surface area contributed by atoms with Gasteiger partial charge in [-0.3, -0.25) is 18.4 Å². The van der Waals surface area contributed by atoms with Crippen molar-refractivity contribution in [3.8, 4) is 11.6 Å². The number of nitrogens with zero attached hydrogens (tertiary/aromatic N) is 4. The number of carbonyl (C=O) groups excluding carboxylic acids is 2. The Morgan fingerprint density at radius 2 is 1.19 bits per heavy atom. The van der Waals surface area contributed by atoms with E-state index in [1.807, 2.05) is 71.4 Å². The lowest BCUT2D eigenvalue weighted by molar-refractivity contribution is 0.0977. The van der Waals surface area contributed by atoms with E-state index in [0.29, 0.717) is 35.9 Å². The topological polar surface area (TPSA) is 68.7 Å². The Hall–Kier alpha value is -3.28. The number of pyridine rings is 2. The molecule has 0 aliphatic rings. The fraction of sp³-hybridized carbons (Fsp3) is 0.200. The SMILES string of the molecule is CCC(=O)c1nc(-c2nc(C(=O)CC)c3ccccn23)n2ccccc12. The summed E-state index contributed by atoms with van der Waals surface area (Å²) in [6.45, 7) is 3.64. The average molecular weight is 346 g/mol. The van der Waals surface area contributed by atoms with E-state index in [4.69, 9.17) is 0 Å². The molecular formula is C20H18N4O2. The van der Waals surface area contributed by atoms with Gasteiger partial charge in [-0.15, -0.1) is 0 Å². The van der Waals surface area contributed by atoms with E-state index in [-0.39, 0.29) is 11.6 Å². The molecule has 4 rings (SSSR count). The number of rotatable bonds is 5. The molecule has 0 fully saturated rings. The first-order chi connectivity index (χ1) is 12.7. The van der Waals surface area contributed by atoms with Gasteiger partial charge in [0.25, 0.3) is 0 Å². The second kappa shape index (κ2) is 6.22. The maximum Gasteiger partial charge on any atom is 0.183 e. The van der Waals surface area contributed by atoms with Crippen LogP contribution in [0.25, 0.3) is 22.7 Å². The predicted molar refractivity (Wildman–Crippen MR) is 98.6 cm³/mol. The largest absolute Gasteiger partial charge is 0.296 e. The molecule has 0 atom stereocenters. The van der Waals surface area contributed by atoms with E-state index < -0.39 is 0 Å². The van der Waals surface area contributed by atoms with Crippen LogP contribution in [0, 0.1) is 0 Å². The summed E-state index contributed by atoms with van der Waals surface area (Å²) < 4.78 is 3.70. The number of ketones is 2. The summed E-state index contributed by atoms with van der Waals surface area (Å²) in [5.41, 5.74) is 2.34. The van der Waals surface area contributed by atoms with Crippen LogP contribution >= 0.6 is 0 Å². The molecule has 130 valence electrons. The van der Waals surface area contributed by atoms with Crippen molar-refractivity contribution in [1.82, 2.24) is 18.8 Å². The first-order valence-corrected chi connectivity index (χ1v) is 8.66. The molecule has 0 saturated heterocycles. The Labute approximate surface area is 150 Å². The van der Waals surface area contributed by atoms with Gasteiger partial charge in [0.15, 0.2) is 23.2 Å². The van der Waals surface area contributed by atoms with Crippen molar-refractivity contribution in [3.63, 3.8) is 0 Å². The first kappa shape index (κ1) is 16.2. The van der Waals surface area contributed by atoms with Crippen LogP contribution < -0.4 is 0 Å². The van der Waals surface area contributed by atoms with E-state index in [0.717, 1.165) is 11.0 Å². The highest BCUT2D eigenvalue weighted by atomic mass is 16.1. The van der Waals surface area contributed by atoms with Crippen LogP contribution in [0.4, 0.5) is 0 Å². The normalized spacial score (nSPS) is 11.3. The molecule has 0 saturated carbocycles. The van der Waals surface area contributed by atoms with Gasteiger partial charge in [-0.05, 0) is 24.3 Å². The number of aromatic nitrogens is 4. The first-order valence-electron chi connectivity index (χ1n) is 8.66. The van der Waals surface area contributed by atoms with E-state index in [9.17, 15) is 9.59 Å². The number of hydrogen-bond acceptors (Lipinski definition) is 4. The van der Waals surface area contributed by atoms with Crippen LogP contribution in [-0.4, -0.2) is 30.3 Å². The molecule has 0 spiro atoms. The zero-order chi connectivity index (χ0) is 18.3. The summed E-state index contributed by atoms with van der Waals surface area (Å²) in [7, 11) is 0. The Kier molecular flexibility index (Phi) is 3.88. The molecule has 0 unspecified atom stereocenters. The molecule has 0 amide bonds. The lowest BCUT2D eigenvalue weighted by atomic mass is 10.2. The lowest BCUT2D eigenvalue weighted by Gasteiger charge is -2.00. The molecule has 26 heavy (non-hydrogen) atoms. The van der Waals surface area contributed by atoms with Crippen molar-refractivity contribution < 1.29 is 9.59 Å². The zero-order valence-corrected chi connectivity index (χ0v) is 14.6. The van der Waals surface area contributed by atoms with Crippen LogP contribution in [0.1, 0.15) is 47.7 Å². The lowest BCUT2D eigenvalue weighted by Crippen LogP contribution is -1.98. The summed E-state index contributed by atoms with van der Waals surface area (Å²) in [5.74, 6) is 1.05. The minimum Gasteiger partial charge on any atom is -0.296 e. The molecule has 6 heteroatoms. The minimum absolute atomic E-state index is 0.0225. The molecule has 4 aromatic heterocycles. The number of Topliss-reactive ketones (excluding diaryl/α,β-unsaturated/α-hetero) is 2. The zero-order valence-electron chi connectivity index (χ0n) is 14.6. The summed E-state index contributed by atoms with van der Waals surface area (Å²) in [6.07, 6.45) is 4.47. The van der Waals surface area contributed by atoms with Crippen molar-refractivity contribution in [3.05, 3.63) is 60.2 Å². The molecular weight excluding hydrogens is 328 g/mol. The molecule has 0 bridgehead atoms. The highest BCUT2D eigenvalue weighted by Crippen LogP contribution is 2.26. The predicted octanol–water partition coefficient (Wildman–Crippen LogP) is 3.83.